The fourth-order valence-electron chi connectivity index (χ4n) is 1.47. The molecule has 6 heteroatoms. The zero-order valence-electron chi connectivity index (χ0n) is 10.8. The minimum absolute atomic E-state index is 0.361. The molecule has 2 rings (SSSR count). The van der Waals surface area contributed by atoms with E-state index < -0.39 is 0 Å². The molecule has 0 atom stereocenters. The van der Waals surface area contributed by atoms with Crippen molar-refractivity contribution in [2.45, 2.75) is 6.92 Å². The van der Waals surface area contributed by atoms with Gasteiger partial charge in [-0.1, -0.05) is 11.6 Å². The van der Waals surface area contributed by atoms with Gasteiger partial charge in [-0.05, 0) is 6.92 Å². The number of halogens is 1. The molecule has 19 heavy (non-hydrogen) atoms. The lowest BCUT2D eigenvalue weighted by atomic mass is 10.3. The van der Waals surface area contributed by atoms with Crippen LogP contribution in [0.1, 0.15) is 5.56 Å². The molecule has 0 fully saturated rings. The molecule has 0 unspecified atom stereocenters. The Hall–Kier alpha value is -2.01. The highest BCUT2D eigenvalue weighted by Gasteiger charge is 2.09. The van der Waals surface area contributed by atoms with Gasteiger partial charge in [0.1, 0.15) is 28.7 Å². The van der Waals surface area contributed by atoms with Gasteiger partial charge >= 0.3 is 0 Å². The number of methoxy groups -OCH3 is 2. The van der Waals surface area contributed by atoms with Gasteiger partial charge in [-0.2, -0.15) is 0 Å². The summed E-state index contributed by atoms with van der Waals surface area (Å²) in [4.78, 5) is 7.92. The van der Waals surface area contributed by atoms with Gasteiger partial charge in [0, 0.05) is 23.8 Å². The Balaban J connectivity index is 2.34. The second-order valence-electron chi connectivity index (χ2n) is 3.75. The van der Waals surface area contributed by atoms with Crippen molar-refractivity contribution in [3.63, 3.8) is 0 Å². The molecular weight excluding hydrogens is 268 g/mol. The third-order valence-electron chi connectivity index (χ3n) is 2.52. The molecule has 0 radical (unpaired) electrons. The lowest BCUT2D eigenvalue weighted by Crippen LogP contribution is -1.95. The SMILES string of the molecule is COc1cc(OC)cc(Oc2ncnc(Cl)c2C)c1. The molecule has 0 aliphatic rings. The maximum Gasteiger partial charge on any atom is 0.226 e. The minimum atomic E-state index is 0.361. The van der Waals surface area contributed by atoms with E-state index >= 15 is 0 Å². The molecule has 0 spiro atoms. The molecule has 0 bridgehead atoms. The molecule has 0 saturated carbocycles. The molecule has 5 nitrogen and oxygen atoms in total. The van der Waals surface area contributed by atoms with E-state index in [4.69, 9.17) is 25.8 Å². The number of hydrogen-bond acceptors (Lipinski definition) is 5. The lowest BCUT2D eigenvalue weighted by molar-refractivity contribution is 0.384. The summed E-state index contributed by atoms with van der Waals surface area (Å²) >= 11 is 5.92. The number of aromatic nitrogens is 2. The van der Waals surface area contributed by atoms with Gasteiger partial charge in [0.25, 0.3) is 0 Å². The van der Waals surface area contributed by atoms with Crippen LogP contribution in [0.15, 0.2) is 24.5 Å². The Morgan fingerprint density at radius 3 is 2.11 bits per heavy atom. The van der Waals surface area contributed by atoms with Crippen LogP contribution in [0, 0.1) is 6.92 Å². The van der Waals surface area contributed by atoms with Crippen LogP contribution in [0.5, 0.6) is 23.1 Å². The predicted octanol–water partition coefficient (Wildman–Crippen LogP) is 3.25. The minimum Gasteiger partial charge on any atom is -0.496 e. The molecule has 1 aromatic heterocycles. The number of rotatable bonds is 4. The first-order valence-corrected chi connectivity index (χ1v) is 5.90. The average molecular weight is 281 g/mol. The normalized spacial score (nSPS) is 10.1. The summed E-state index contributed by atoms with van der Waals surface area (Å²) in [6, 6.07) is 5.22. The predicted molar refractivity (Wildman–Crippen MR) is 71.4 cm³/mol. The van der Waals surface area contributed by atoms with Crippen molar-refractivity contribution >= 4 is 11.6 Å². The Bertz CT molecular complexity index is 568. The highest BCUT2D eigenvalue weighted by Crippen LogP contribution is 2.32. The highest BCUT2D eigenvalue weighted by atomic mass is 35.5. The number of nitrogens with zero attached hydrogens (tertiary/aromatic N) is 2. The maximum absolute atomic E-state index is 5.92. The van der Waals surface area contributed by atoms with Crippen molar-refractivity contribution < 1.29 is 14.2 Å². The van der Waals surface area contributed by atoms with Crippen molar-refractivity contribution in [1.82, 2.24) is 9.97 Å². The van der Waals surface area contributed by atoms with Crippen LogP contribution in [0.2, 0.25) is 5.15 Å². The topological polar surface area (TPSA) is 53.5 Å². The number of hydrogen-bond donors (Lipinski definition) is 0. The van der Waals surface area contributed by atoms with E-state index in [-0.39, 0.29) is 0 Å². The van der Waals surface area contributed by atoms with Crippen molar-refractivity contribution in [1.29, 1.82) is 0 Å². The van der Waals surface area contributed by atoms with Gasteiger partial charge in [-0.25, -0.2) is 9.97 Å². The van der Waals surface area contributed by atoms with Gasteiger partial charge in [0.2, 0.25) is 5.88 Å². The second-order valence-corrected chi connectivity index (χ2v) is 4.10. The maximum atomic E-state index is 5.92. The summed E-state index contributed by atoms with van der Waals surface area (Å²) in [5.74, 6) is 2.21. The summed E-state index contributed by atoms with van der Waals surface area (Å²) in [7, 11) is 3.15. The van der Waals surface area contributed by atoms with Crippen LogP contribution in [-0.4, -0.2) is 24.2 Å². The third kappa shape index (κ3) is 3.06. The van der Waals surface area contributed by atoms with Gasteiger partial charge in [0.05, 0.1) is 14.2 Å². The molecule has 0 amide bonds. The van der Waals surface area contributed by atoms with Crippen molar-refractivity contribution in [3.05, 3.63) is 35.2 Å². The van der Waals surface area contributed by atoms with E-state index in [0.29, 0.717) is 33.8 Å². The summed E-state index contributed by atoms with van der Waals surface area (Å²) in [6.45, 7) is 1.79. The molecule has 2 aromatic rings. The van der Waals surface area contributed by atoms with Crippen molar-refractivity contribution in [2.24, 2.45) is 0 Å². The van der Waals surface area contributed by atoms with E-state index in [1.165, 1.54) is 6.33 Å². The monoisotopic (exact) mass is 280 g/mol. The summed E-state index contributed by atoms with van der Waals surface area (Å²) in [6.07, 6.45) is 1.35. The quantitative estimate of drug-likeness (QED) is 0.805. The van der Waals surface area contributed by atoms with Gasteiger partial charge in [0.15, 0.2) is 0 Å². The van der Waals surface area contributed by atoms with Gasteiger partial charge in [-0.3, -0.25) is 0 Å². The molecule has 0 saturated heterocycles. The van der Waals surface area contributed by atoms with Crippen molar-refractivity contribution in [3.8, 4) is 23.1 Å². The van der Waals surface area contributed by atoms with E-state index in [9.17, 15) is 0 Å². The first-order chi connectivity index (χ1) is 9.13. The van der Waals surface area contributed by atoms with E-state index in [1.54, 1.807) is 39.3 Å². The fourth-order valence-corrected chi connectivity index (χ4v) is 1.59. The second kappa shape index (κ2) is 5.75. The van der Waals surface area contributed by atoms with Gasteiger partial charge in [-0.15, -0.1) is 0 Å². The fraction of sp³-hybridized carbons (Fsp3) is 0.231. The summed E-state index contributed by atoms with van der Waals surface area (Å²) in [5, 5.41) is 0.361. The largest absolute Gasteiger partial charge is 0.496 e. The molecule has 1 aromatic carbocycles. The first-order valence-electron chi connectivity index (χ1n) is 5.52. The summed E-state index contributed by atoms with van der Waals surface area (Å²) in [5.41, 5.74) is 0.672. The Morgan fingerprint density at radius 1 is 0.947 bits per heavy atom. The van der Waals surface area contributed by atoms with Crippen LogP contribution in [-0.2, 0) is 0 Å². The van der Waals surface area contributed by atoms with Crippen LogP contribution in [0.25, 0.3) is 0 Å². The zero-order chi connectivity index (χ0) is 13.8. The molecule has 0 aliphatic carbocycles. The number of ether oxygens (including phenoxy) is 3. The van der Waals surface area contributed by atoms with Crippen LogP contribution in [0.3, 0.4) is 0 Å². The van der Waals surface area contributed by atoms with Crippen LogP contribution >= 0.6 is 11.6 Å². The molecule has 0 N–H and O–H groups in total. The third-order valence-corrected chi connectivity index (χ3v) is 2.90. The Morgan fingerprint density at radius 2 is 1.53 bits per heavy atom. The first kappa shape index (κ1) is 13.4. The molecule has 100 valence electrons. The smallest absolute Gasteiger partial charge is 0.226 e. The highest BCUT2D eigenvalue weighted by molar-refractivity contribution is 6.30. The Kier molecular flexibility index (Phi) is 4.06. The molecule has 1 heterocycles. The standard InChI is InChI=1S/C13H13ClN2O3/c1-8-12(14)15-7-16-13(8)19-11-5-9(17-2)4-10(6-11)18-3/h4-7H,1-3H3. The Labute approximate surface area is 116 Å². The van der Waals surface area contributed by atoms with Crippen LogP contribution < -0.4 is 14.2 Å². The lowest BCUT2D eigenvalue weighted by Gasteiger charge is -2.10. The molecule has 0 aliphatic heterocycles. The van der Waals surface area contributed by atoms with E-state index in [1.807, 2.05) is 0 Å². The zero-order valence-corrected chi connectivity index (χ0v) is 11.6. The van der Waals surface area contributed by atoms with Gasteiger partial charge < -0.3 is 14.2 Å². The van der Waals surface area contributed by atoms with Crippen LogP contribution in [0.4, 0.5) is 0 Å². The van der Waals surface area contributed by atoms with E-state index in [2.05, 4.69) is 9.97 Å². The van der Waals surface area contributed by atoms with E-state index in [0.717, 1.165) is 0 Å². The molecular formula is C13H13ClN2O3. The number of benzene rings is 1. The summed E-state index contributed by atoms with van der Waals surface area (Å²) < 4.78 is 16.0. The van der Waals surface area contributed by atoms with Crippen molar-refractivity contribution in [2.75, 3.05) is 14.2 Å². The average Bonchev–Trinajstić information content (AvgIpc) is 2.43.